The smallest absolute Gasteiger partial charge is 0.228 e. The van der Waals surface area contributed by atoms with Gasteiger partial charge in [-0.1, -0.05) is 6.07 Å². The van der Waals surface area contributed by atoms with Crippen molar-refractivity contribution in [3.05, 3.63) is 65.2 Å². The Morgan fingerprint density at radius 2 is 1.85 bits per heavy atom. The quantitative estimate of drug-likeness (QED) is 0.829. The number of nitrogens with zero attached hydrogens (tertiary/aromatic N) is 1. The van der Waals surface area contributed by atoms with E-state index in [1.807, 2.05) is 6.07 Å². The van der Waals surface area contributed by atoms with Gasteiger partial charge < -0.3 is 16.1 Å². The van der Waals surface area contributed by atoms with Crippen LogP contribution in [0.25, 0.3) is 0 Å². The number of amides is 1. The van der Waals surface area contributed by atoms with Gasteiger partial charge in [0, 0.05) is 24.3 Å². The molecule has 3 rings (SSSR count). The molecule has 7 heteroatoms. The van der Waals surface area contributed by atoms with E-state index in [1.165, 1.54) is 24.3 Å². The maximum atomic E-state index is 13.9. The number of carbonyl (C=O) groups excluding carboxylic acids is 1. The minimum Gasteiger partial charge on any atom is -0.412 e. The monoisotopic (exact) mass is 359 g/mol. The summed E-state index contributed by atoms with van der Waals surface area (Å²) in [6, 6.07) is 12.0. The minimum absolute atomic E-state index is 0. The van der Waals surface area contributed by atoms with Gasteiger partial charge >= 0.3 is 0 Å². The third kappa shape index (κ3) is 4.35. The van der Waals surface area contributed by atoms with E-state index < -0.39 is 11.2 Å². The number of nitrogens with one attached hydrogen (secondary N) is 2. The van der Waals surface area contributed by atoms with Gasteiger partial charge in [-0.15, -0.1) is 0 Å². The first-order chi connectivity index (χ1) is 12.0. The summed E-state index contributed by atoms with van der Waals surface area (Å²) in [5.41, 5.74) is 0.834. The van der Waals surface area contributed by atoms with Crippen molar-refractivity contribution in [1.29, 1.82) is 5.26 Å². The molecule has 1 aliphatic carbocycles. The first-order valence-corrected chi connectivity index (χ1v) is 7.99. The maximum Gasteiger partial charge on any atom is 0.228 e. The number of halogens is 2. The number of anilines is 1. The Morgan fingerprint density at radius 3 is 2.42 bits per heavy atom. The highest BCUT2D eigenvalue weighted by Crippen LogP contribution is 2.46. The average Bonchev–Trinajstić information content (AvgIpc) is 3.41. The molecule has 0 aromatic heterocycles. The SMILES string of the molecule is N#Cc1ccc(CNC(=O)C2(CNc3ccc(F)cc3)CC2)c(F)c1.O. The maximum absolute atomic E-state index is 13.9. The fraction of sp³-hybridized carbons (Fsp3) is 0.263. The molecule has 0 aliphatic heterocycles. The van der Waals surface area contributed by atoms with Crippen LogP contribution in [0.15, 0.2) is 42.5 Å². The normalized spacial score (nSPS) is 13.9. The van der Waals surface area contributed by atoms with Crippen LogP contribution >= 0.6 is 0 Å². The molecule has 5 nitrogen and oxygen atoms in total. The van der Waals surface area contributed by atoms with E-state index >= 15 is 0 Å². The van der Waals surface area contributed by atoms with Crippen LogP contribution in [0.1, 0.15) is 24.0 Å². The Bertz CT molecular complexity index is 828. The zero-order valence-corrected chi connectivity index (χ0v) is 14.0. The first kappa shape index (κ1) is 19.3. The van der Waals surface area contributed by atoms with Crippen LogP contribution in [0, 0.1) is 28.4 Å². The van der Waals surface area contributed by atoms with Crippen LogP contribution in [0.3, 0.4) is 0 Å². The minimum atomic E-state index is -0.506. The molecule has 0 bridgehead atoms. The molecule has 1 saturated carbocycles. The number of benzene rings is 2. The van der Waals surface area contributed by atoms with Gasteiger partial charge in [0.15, 0.2) is 0 Å². The van der Waals surface area contributed by atoms with Gasteiger partial charge in [-0.2, -0.15) is 5.26 Å². The van der Waals surface area contributed by atoms with Crippen molar-refractivity contribution in [2.45, 2.75) is 19.4 Å². The summed E-state index contributed by atoms with van der Waals surface area (Å²) in [5.74, 6) is -0.951. The Balaban J connectivity index is 0.00000243. The summed E-state index contributed by atoms with van der Waals surface area (Å²) in [5, 5.41) is 14.6. The highest BCUT2D eigenvalue weighted by Gasteiger charge is 2.49. The summed E-state index contributed by atoms with van der Waals surface area (Å²) < 4.78 is 26.8. The molecule has 1 aliphatic rings. The second-order valence-corrected chi connectivity index (χ2v) is 6.24. The standard InChI is InChI=1S/C19H17F2N3O.H2O/c20-15-3-5-16(6-4-15)24-12-19(7-8-19)18(25)23-11-14-2-1-13(10-22)9-17(14)21;/h1-6,9,24H,7-8,11-12H2,(H,23,25);1H2. The largest absolute Gasteiger partial charge is 0.412 e. The van der Waals surface area contributed by atoms with E-state index in [-0.39, 0.29) is 29.3 Å². The van der Waals surface area contributed by atoms with E-state index in [4.69, 9.17) is 5.26 Å². The third-order valence-corrected chi connectivity index (χ3v) is 4.43. The molecule has 0 atom stereocenters. The molecule has 2 aromatic carbocycles. The molecule has 26 heavy (non-hydrogen) atoms. The summed E-state index contributed by atoms with van der Waals surface area (Å²) in [6.45, 7) is 0.523. The molecule has 0 saturated heterocycles. The summed E-state index contributed by atoms with van der Waals surface area (Å²) in [6.07, 6.45) is 1.51. The molecule has 0 radical (unpaired) electrons. The average molecular weight is 359 g/mol. The molecule has 1 amide bonds. The zero-order valence-electron chi connectivity index (χ0n) is 14.0. The Morgan fingerprint density at radius 1 is 1.15 bits per heavy atom. The van der Waals surface area contributed by atoms with Gasteiger partial charge in [0.25, 0.3) is 0 Å². The molecule has 4 N–H and O–H groups in total. The van der Waals surface area contributed by atoms with Crippen LogP contribution < -0.4 is 10.6 Å². The lowest BCUT2D eigenvalue weighted by Gasteiger charge is -2.17. The predicted molar refractivity (Wildman–Crippen MR) is 93.1 cm³/mol. The van der Waals surface area contributed by atoms with Crippen molar-refractivity contribution in [2.75, 3.05) is 11.9 Å². The van der Waals surface area contributed by atoms with Crippen LogP contribution in [0.5, 0.6) is 0 Å². The highest BCUT2D eigenvalue weighted by atomic mass is 19.1. The van der Waals surface area contributed by atoms with Crippen molar-refractivity contribution in [3.63, 3.8) is 0 Å². The fourth-order valence-corrected chi connectivity index (χ4v) is 2.60. The Hall–Kier alpha value is -2.98. The molecular weight excluding hydrogens is 340 g/mol. The second kappa shape index (κ2) is 7.93. The number of hydrogen-bond donors (Lipinski definition) is 2. The van der Waals surface area contributed by atoms with Gasteiger partial charge in [-0.05, 0) is 49.2 Å². The molecule has 136 valence electrons. The van der Waals surface area contributed by atoms with Crippen molar-refractivity contribution in [1.82, 2.24) is 5.32 Å². The number of nitriles is 1. The predicted octanol–water partition coefficient (Wildman–Crippen LogP) is 2.52. The molecule has 0 heterocycles. The molecule has 0 unspecified atom stereocenters. The lowest BCUT2D eigenvalue weighted by molar-refractivity contribution is -0.126. The molecular formula is C19H19F2N3O2. The summed E-state index contributed by atoms with van der Waals surface area (Å²) in [4.78, 5) is 12.4. The number of rotatable bonds is 6. The zero-order chi connectivity index (χ0) is 17.9. The van der Waals surface area contributed by atoms with E-state index in [0.717, 1.165) is 24.6 Å². The van der Waals surface area contributed by atoms with E-state index in [2.05, 4.69) is 10.6 Å². The van der Waals surface area contributed by atoms with Crippen molar-refractivity contribution in [3.8, 4) is 6.07 Å². The lowest BCUT2D eigenvalue weighted by Crippen LogP contribution is -2.36. The van der Waals surface area contributed by atoms with Gasteiger partial charge in [0.1, 0.15) is 11.6 Å². The van der Waals surface area contributed by atoms with Gasteiger partial charge in [0.05, 0.1) is 17.0 Å². The highest BCUT2D eigenvalue weighted by molar-refractivity contribution is 5.86. The van der Waals surface area contributed by atoms with Crippen LogP contribution in [-0.4, -0.2) is 17.9 Å². The van der Waals surface area contributed by atoms with Gasteiger partial charge in [0.2, 0.25) is 5.91 Å². The van der Waals surface area contributed by atoms with E-state index in [9.17, 15) is 13.6 Å². The van der Waals surface area contributed by atoms with Crippen LogP contribution in [-0.2, 0) is 11.3 Å². The van der Waals surface area contributed by atoms with Crippen molar-refractivity contribution >= 4 is 11.6 Å². The Kier molecular flexibility index (Phi) is 5.90. The van der Waals surface area contributed by atoms with Gasteiger partial charge in [-0.3, -0.25) is 4.79 Å². The van der Waals surface area contributed by atoms with Crippen LogP contribution in [0.4, 0.5) is 14.5 Å². The van der Waals surface area contributed by atoms with Crippen LogP contribution in [0.2, 0.25) is 0 Å². The van der Waals surface area contributed by atoms with Crippen molar-refractivity contribution < 1.29 is 19.1 Å². The van der Waals surface area contributed by atoms with Gasteiger partial charge in [-0.25, -0.2) is 8.78 Å². The van der Waals surface area contributed by atoms with E-state index in [0.29, 0.717) is 12.1 Å². The first-order valence-electron chi connectivity index (χ1n) is 7.99. The molecule has 2 aromatic rings. The van der Waals surface area contributed by atoms with E-state index in [1.54, 1.807) is 12.1 Å². The fourth-order valence-electron chi connectivity index (χ4n) is 2.60. The Labute approximate surface area is 150 Å². The third-order valence-electron chi connectivity index (χ3n) is 4.43. The number of carbonyl (C=O) groups is 1. The summed E-state index contributed by atoms with van der Waals surface area (Å²) in [7, 11) is 0. The lowest BCUT2D eigenvalue weighted by atomic mass is 10.1. The second-order valence-electron chi connectivity index (χ2n) is 6.24. The number of hydrogen-bond acceptors (Lipinski definition) is 3. The molecule has 0 spiro atoms. The summed E-state index contributed by atoms with van der Waals surface area (Å²) >= 11 is 0. The van der Waals surface area contributed by atoms with Crippen molar-refractivity contribution in [2.24, 2.45) is 5.41 Å². The topological polar surface area (TPSA) is 96.4 Å². The molecule has 1 fully saturated rings.